The van der Waals surface area contributed by atoms with E-state index < -0.39 is 21.8 Å². The third-order valence-electron chi connectivity index (χ3n) is 11.8. The highest BCUT2D eigenvalue weighted by atomic mass is 35.5. The van der Waals surface area contributed by atoms with Crippen molar-refractivity contribution in [2.45, 2.75) is 77.3 Å². The molecule has 5 aromatic rings. The van der Waals surface area contributed by atoms with E-state index in [1.165, 1.54) is 28.9 Å². The molecule has 1 N–H and O–H groups in total. The molecule has 7 rings (SSSR count). The fourth-order valence-electron chi connectivity index (χ4n) is 8.15. The van der Waals surface area contributed by atoms with E-state index in [-0.39, 0.29) is 44.9 Å². The van der Waals surface area contributed by atoms with Crippen LogP contribution in [0.2, 0.25) is 15.1 Å². The highest BCUT2D eigenvalue weighted by Gasteiger charge is 2.31. The number of benzene rings is 4. The highest BCUT2D eigenvalue weighted by Crippen LogP contribution is 2.36. The Kier molecular flexibility index (Phi) is 14.5. The van der Waals surface area contributed by atoms with Gasteiger partial charge >= 0.3 is 0 Å². The zero-order valence-electron chi connectivity index (χ0n) is 36.5. The zero-order valence-corrected chi connectivity index (χ0v) is 39.6. The lowest BCUT2D eigenvalue weighted by Crippen LogP contribution is -2.37. The molecule has 0 saturated heterocycles. The van der Waals surface area contributed by atoms with Gasteiger partial charge < -0.3 is 24.2 Å². The smallest absolute Gasteiger partial charge is 0.275 e. The first kappa shape index (κ1) is 46.7. The van der Waals surface area contributed by atoms with Gasteiger partial charge in [-0.3, -0.25) is 14.4 Å². The van der Waals surface area contributed by atoms with Crippen LogP contribution in [-0.2, 0) is 36.0 Å². The summed E-state index contributed by atoms with van der Waals surface area (Å²) >= 11 is 19.2. The Balaban J connectivity index is 1.20. The number of methoxy groups -OCH3 is 2. The number of sulfonamides is 1. The highest BCUT2D eigenvalue weighted by molar-refractivity contribution is 7.90. The van der Waals surface area contributed by atoms with Crippen LogP contribution in [0.25, 0.3) is 5.69 Å². The molecule has 0 radical (unpaired) electrons. The Morgan fingerprint density at radius 3 is 2.14 bits per heavy atom. The average molecular weight is 950 g/mol. The number of aromatic nitrogens is 2. The number of fused-ring (bicyclic) bond motifs is 2. The molecule has 0 atom stereocenters. The molecule has 0 aliphatic carbocycles. The number of hydrogen-bond acceptors (Lipinski definition) is 9. The lowest BCUT2D eigenvalue weighted by molar-refractivity contribution is 0.0732. The topological polar surface area (TPSA) is 143 Å². The van der Waals surface area contributed by atoms with E-state index in [2.05, 4.69) is 23.5 Å². The van der Waals surface area contributed by atoms with Gasteiger partial charge in [-0.2, -0.15) is 5.10 Å². The second kappa shape index (κ2) is 19.9. The number of ether oxygens (including phenoxy) is 2. The van der Waals surface area contributed by atoms with Gasteiger partial charge in [-0.15, -0.1) is 0 Å². The maximum Gasteiger partial charge on any atom is 0.275 e. The van der Waals surface area contributed by atoms with Crippen molar-refractivity contribution in [2.24, 2.45) is 0 Å². The Labute approximate surface area is 389 Å². The summed E-state index contributed by atoms with van der Waals surface area (Å²) in [4.78, 5) is 48.2. The Bertz CT molecular complexity index is 2720. The zero-order chi connectivity index (χ0) is 45.9. The van der Waals surface area contributed by atoms with Crippen LogP contribution in [-0.4, -0.2) is 86.1 Å². The van der Waals surface area contributed by atoms with Crippen molar-refractivity contribution in [3.63, 3.8) is 0 Å². The van der Waals surface area contributed by atoms with E-state index in [4.69, 9.17) is 49.4 Å². The van der Waals surface area contributed by atoms with Crippen molar-refractivity contribution >= 4 is 68.2 Å². The van der Waals surface area contributed by atoms with Crippen molar-refractivity contribution in [1.82, 2.24) is 24.3 Å². The minimum atomic E-state index is -4.36. The summed E-state index contributed by atoms with van der Waals surface area (Å²) in [6.07, 6.45) is 4.55. The number of amides is 3. The van der Waals surface area contributed by atoms with Crippen molar-refractivity contribution in [3.8, 4) is 17.2 Å². The van der Waals surface area contributed by atoms with Gasteiger partial charge in [0.1, 0.15) is 0 Å². The molecule has 3 heterocycles. The molecular formula is C47H51Cl3N6O7S. The van der Waals surface area contributed by atoms with Crippen LogP contribution >= 0.6 is 34.8 Å². The van der Waals surface area contributed by atoms with Gasteiger partial charge in [0.25, 0.3) is 27.7 Å². The van der Waals surface area contributed by atoms with Crippen molar-refractivity contribution in [2.75, 3.05) is 45.3 Å². The van der Waals surface area contributed by atoms with E-state index >= 15 is 0 Å². The minimum Gasteiger partial charge on any atom is -0.493 e. The Hall–Kier alpha value is -5.28. The molecule has 0 fully saturated rings. The van der Waals surface area contributed by atoms with E-state index in [0.717, 1.165) is 53.6 Å². The molecule has 4 aromatic carbocycles. The van der Waals surface area contributed by atoms with Crippen LogP contribution < -0.4 is 19.1 Å². The van der Waals surface area contributed by atoms with Gasteiger partial charge in [0, 0.05) is 50.5 Å². The predicted octanol–water partition coefficient (Wildman–Crippen LogP) is 9.08. The summed E-state index contributed by atoms with van der Waals surface area (Å²) in [6.45, 7) is 8.67. The lowest BCUT2D eigenvalue weighted by atomic mass is 9.97. The molecule has 13 nitrogen and oxygen atoms in total. The van der Waals surface area contributed by atoms with Gasteiger partial charge in [0.15, 0.2) is 17.2 Å². The van der Waals surface area contributed by atoms with Gasteiger partial charge in [-0.1, -0.05) is 67.6 Å². The van der Waals surface area contributed by atoms with E-state index in [0.29, 0.717) is 72.8 Å². The number of nitrogens with one attached hydrogen (secondary N) is 1. The summed E-state index contributed by atoms with van der Waals surface area (Å²) in [6, 6.07) is 18.3. The van der Waals surface area contributed by atoms with Crippen LogP contribution in [0.3, 0.4) is 0 Å². The van der Waals surface area contributed by atoms with Crippen LogP contribution in [0.4, 0.5) is 5.69 Å². The largest absolute Gasteiger partial charge is 0.493 e. The van der Waals surface area contributed by atoms with Gasteiger partial charge in [0.2, 0.25) is 0 Å². The van der Waals surface area contributed by atoms with Crippen molar-refractivity contribution in [1.29, 1.82) is 0 Å². The number of rotatable bonds is 16. The quantitative estimate of drug-likeness (QED) is 0.103. The molecule has 0 saturated carbocycles. The number of carbonyl (C=O) groups excluding carboxylic acids is 3. The molecule has 64 heavy (non-hydrogen) atoms. The van der Waals surface area contributed by atoms with E-state index in [1.54, 1.807) is 49.1 Å². The van der Waals surface area contributed by atoms with E-state index in [9.17, 15) is 22.8 Å². The molecule has 338 valence electrons. The van der Waals surface area contributed by atoms with Gasteiger partial charge in [-0.05, 0) is 116 Å². The molecule has 0 unspecified atom stereocenters. The molecule has 2 aliphatic heterocycles. The SMILES string of the molecule is CCCCN(CCCC)C(=O)c1nn(-c2ccc(C(=O)NS(=O)(=O)c3ccc4c(c3)CCN4Cc3ccc(Cl)c(Cl)c3)cc2C(=O)N2CCc3cc(OC)c(OC)cc3C2)c(C)c1Cl. The molecule has 1 aromatic heterocycles. The van der Waals surface area contributed by atoms with Gasteiger partial charge in [-0.25, -0.2) is 17.8 Å². The molecular weight excluding hydrogens is 899 g/mol. The molecule has 17 heteroatoms. The summed E-state index contributed by atoms with van der Waals surface area (Å²) in [5.41, 5.74) is 5.22. The number of carbonyl (C=O) groups is 3. The molecule has 0 spiro atoms. The number of nitrogens with zero attached hydrogens (tertiary/aromatic N) is 5. The van der Waals surface area contributed by atoms with Crippen LogP contribution in [0.15, 0.2) is 71.6 Å². The van der Waals surface area contributed by atoms with Crippen LogP contribution in [0.1, 0.15) is 98.7 Å². The monoisotopic (exact) mass is 948 g/mol. The normalized spacial score (nSPS) is 13.4. The molecule has 0 bridgehead atoms. The first-order chi connectivity index (χ1) is 30.7. The average Bonchev–Trinajstić information content (AvgIpc) is 3.84. The Morgan fingerprint density at radius 1 is 0.797 bits per heavy atom. The van der Waals surface area contributed by atoms with Crippen molar-refractivity contribution < 1.29 is 32.3 Å². The number of unbranched alkanes of at least 4 members (excludes halogenated alkanes) is 2. The molecule has 2 aliphatic rings. The lowest BCUT2D eigenvalue weighted by Gasteiger charge is -2.30. The summed E-state index contributed by atoms with van der Waals surface area (Å²) in [7, 11) is -1.25. The number of anilines is 1. The van der Waals surface area contributed by atoms with E-state index in [1.807, 2.05) is 24.3 Å². The van der Waals surface area contributed by atoms with Crippen LogP contribution in [0, 0.1) is 6.92 Å². The predicted molar refractivity (Wildman–Crippen MR) is 249 cm³/mol. The third-order valence-corrected chi connectivity index (χ3v) is 14.3. The molecule has 3 amide bonds. The standard InChI is InChI=1S/C47H51Cl3N6O7S/c1-6-8-18-53(19-9-7-2)47(59)44-43(50)29(3)56(51-44)40-14-11-33(24-36(40)46(58)55-21-16-31-25-41(62-4)42(63-5)26-34(31)28-55)45(57)52-64(60,61)35-12-15-39-32(23-35)17-20-54(39)27-30-10-13-37(48)38(49)22-30/h10-15,22-26H,6-9,16-21,27-28H2,1-5H3,(H,52,57). The second-order valence-corrected chi connectivity index (χ2v) is 18.9. The Morgan fingerprint density at radius 2 is 1.47 bits per heavy atom. The first-order valence-corrected chi connectivity index (χ1v) is 23.9. The second-order valence-electron chi connectivity index (χ2n) is 16.0. The maximum absolute atomic E-state index is 14.8. The summed E-state index contributed by atoms with van der Waals surface area (Å²) < 4.78 is 42.4. The van der Waals surface area contributed by atoms with Crippen molar-refractivity contribution in [3.05, 3.63) is 127 Å². The number of halogens is 3. The van der Waals surface area contributed by atoms with Gasteiger partial charge in [0.05, 0.1) is 51.1 Å². The number of hydrogen-bond donors (Lipinski definition) is 1. The first-order valence-electron chi connectivity index (χ1n) is 21.3. The third kappa shape index (κ3) is 9.70. The summed E-state index contributed by atoms with van der Waals surface area (Å²) in [5.74, 6) is -0.588. The van der Waals surface area contributed by atoms with Crippen LogP contribution in [0.5, 0.6) is 11.5 Å². The minimum absolute atomic E-state index is 0.0532. The maximum atomic E-state index is 14.8. The fraction of sp³-hybridized carbons (Fsp3) is 0.362. The fourth-order valence-corrected chi connectivity index (χ4v) is 9.70. The summed E-state index contributed by atoms with van der Waals surface area (Å²) in [5, 5.41) is 5.77.